The van der Waals surface area contributed by atoms with Gasteiger partial charge in [0, 0.05) is 25.0 Å². The quantitative estimate of drug-likeness (QED) is 0.810. The van der Waals surface area contributed by atoms with Crippen molar-refractivity contribution in [2.75, 3.05) is 13.7 Å². The summed E-state index contributed by atoms with van der Waals surface area (Å²) in [6.45, 7) is 7.16. The normalized spacial score (nSPS) is 11.6. The molecule has 0 saturated carbocycles. The van der Waals surface area contributed by atoms with Gasteiger partial charge in [-0.3, -0.25) is 4.68 Å². The molecule has 0 N–H and O–H groups in total. The van der Waals surface area contributed by atoms with Crippen LogP contribution in [0.15, 0.2) is 18.2 Å². The van der Waals surface area contributed by atoms with E-state index in [-0.39, 0.29) is 0 Å². The lowest BCUT2D eigenvalue weighted by Gasteiger charge is -2.06. The Labute approximate surface area is 102 Å². The van der Waals surface area contributed by atoms with Gasteiger partial charge in [0.05, 0.1) is 17.8 Å². The van der Waals surface area contributed by atoms with E-state index in [0.717, 1.165) is 18.7 Å². The highest BCUT2D eigenvalue weighted by molar-refractivity contribution is 5.82. The minimum Gasteiger partial charge on any atom is -0.384 e. The van der Waals surface area contributed by atoms with Gasteiger partial charge in [0.2, 0.25) is 0 Å². The zero-order chi connectivity index (χ0) is 12.4. The summed E-state index contributed by atoms with van der Waals surface area (Å²) in [6, 6.07) is 6.90. The van der Waals surface area contributed by atoms with E-state index in [9.17, 15) is 0 Å². The molecule has 0 radical (unpaired) electrons. The number of nitrogens with zero attached hydrogens (tertiary/aromatic N) is 2. The van der Waals surface area contributed by atoms with Gasteiger partial charge in [0.15, 0.2) is 0 Å². The number of rotatable bonds is 4. The molecule has 2 aromatic rings. The minimum atomic E-state index is 0.385. The highest BCUT2D eigenvalue weighted by Gasteiger charge is 2.12. The molecular formula is C14H20N2O. The molecule has 0 bridgehead atoms. The minimum absolute atomic E-state index is 0.385. The molecule has 3 nitrogen and oxygen atoms in total. The first-order valence-corrected chi connectivity index (χ1v) is 6.10. The van der Waals surface area contributed by atoms with Crippen LogP contribution in [0.5, 0.6) is 0 Å². The molecule has 1 aromatic carbocycles. The van der Waals surface area contributed by atoms with Gasteiger partial charge >= 0.3 is 0 Å². The smallest absolute Gasteiger partial charge is 0.0726 e. The number of aryl methyl sites for hydroxylation is 1. The Kier molecular flexibility index (Phi) is 3.48. The molecule has 0 aliphatic rings. The third kappa shape index (κ3) is 2.34. The molecule has 17 heavy (non-hydrogen) atoms. The second-order valence-corrected chi connectivity index (χ2v) is 4.75. The molecule has 0 atom stereocenters. The van der Waals surface area contributed by atoms with Crippen LogP contribution in [0.3, 0.4) is 0 Å². The summed E-state index contributed by atoms with van der Waals surface area (Å²) in [5.74, 6) is 0. The monoisotopic (exact) mass is 232 g/mol. The van der Waals surface area contributed by atoms with Crippen LogP contribution in [0.2, 0.25) is 0 Å². The van der Waals surface area contributed by atoms with Crippen LogP contribution in [0, 0.1) is 6.92 Å². The highest BCUT2D eigenvalue weighted by atomic mass is 16.5. The van der Waals surface area contributed by atoms with Crippen LogP contribution in [-0.4, -0.2) is 23.5 Å². The van der Waals surface area contributed by atoms with Crippen LogP contribution in [0.1, 0.15) is 31.1 Å². The fraction of sp³-hybridized carbons (Fsp3) is 0.500. The van der Waals surface area contributed by atoms with Crippen LogP contribution >= 0.6 is 0 Å². The van der Waals surface area contributed by atoms with Crippen molar-refractivity contribution in [2.24, 2.45) is 0 Å². The predicted molar refractivity (Wildman–Crippen MR) is 70.4 cm³/mol. The zero-order valence-corrected chi connectivity index (χ0v) is 11.0. The standard InChI is InChI=1S/C14H20N2O/c1-10(2)16-14-9-11(3)5-6-12(14)13(15-16)7-8-17-4/h5-6,9-10H,7-8H2,1-4H3. The van der Waals surface area contributed by atoms with E-state index in [1.54, 1.807) is 7.11 Å². The molecule has 0 aliphatic heterocycles. The fourth-order valence-electron chi connectivity index (χ4n) is 2.09. The number of fused-ring (bicyclic) bond motifs is 1. The lowest BCUT2D eigenvalue weighted by atomic mass is 10.1. The van der Waals surface area contributed by atoms with Crippen molar-refractivity contribution in [1.82, 2.24) is 9.78 Å². The maximum Gasteiger partial charge on any atom is 0.0726 e. The summed E-state index contributed by atoms with van der Waals surface area (Å²) in [5, 5.41) is 5.96. The Morgan fingerprint density at radius 2 is 2.12 bits per heavy atom. The van der Waals surface area contributed by atoms with E-state index in [0.29, 0.717) is 6.04 Å². The maximum absolute atomic E-state index is 5.14. The predicted octanol–water partition coefficient (Wildman–Crippen LogP) is 3.11. The van der Waals surface area contributed by atoms with E-state index in [2.05, 4.69) is 43.7 Å². The second-order valence-electron chi connectivity index (χ2n) is 4.75. The Balaban J connectivity index is 2.54. The summed E-state index contributed by atoms with van der Waals surface area (Å²) >= 11 is 0. The van der Waals surface area contributed by atoms with E-state index in [1.165, 1.54) is 16.5 Å². The first kappa shape index (κ1) is 12.1. The van der Waals surface area contributed by atoms with Gasteiger partial charge in [-0.15, -0.1) is 0 Å². The van der Waals surface area contributed by atoms with Gasteiger partial charge in [0.25, 0.3) is 0 Å². The van der Waals surface area contributed by atoms with Gasteiger partial charge < -0.3 is 4.74 Å². The van der Waals surface area contributed by atoms with Crippen LogP contribution in [0.25, 0.3) is 10.9 Å². The molecular weight excluding hydrogens is 212 g/mol. The maximum atomic E-state index is 5.14. The van der Waals surface area contributed by atoms with E-state index < -0.39 is 0 Å². The molecule has 0 unspecified atom stereocenters. The van der Waals surface area contributed by atoms with Gasteiger partial charge in [-0.05, 0) is 32.4 Å². The Morgan fingerprint density at radius 3 is 2.76 bits per heavy atom. The molecule has 0 amide bonds. The van der Waals surface area contributed by atoms with Crippen molar-refractivity contribution < 1.29 is 4.74 Å². The van der Waals surface area contributed by atoms with Gasteiger partial charge in [-0.2, -0.15) is 5.10 Å². The Bertz CT molecular complexity index is 514. The highest BCUT2D eigenvalue weighted by Crippen LogP contribution is 2.23. The largest absolute Gasteiger partial charge is 0.384 e. The molecule has 0 aliphatic carbocycles. The fourth-order valence-corrected chi connectivity index (χ4v) is 2.09. The summed E-state index contributed by atoms with van der Waals surface area (Å²) in [7, 11) is 1.73. The van der Waals surface area contributed by atoms with Gasteiger partial charge in [0.1, 0.15) is 0 Å². The number of benzene rings is 1. The van der Waals surface area contributed by atoms with Gasteiger partial charge in [-0.1, -0.05) is 12.1 Å². The number of hydrogen-bond acceptors (Lipinski definition) is 2. The third-order valence-electron chi connectivity index (χ3n) is 2.97. The number of methoxy groups -OCH3 is 1. The van der Waals surface area contributed by atoms with E-state index >= 15 is 0 Å². The zero-order valence-electron chi connectivity index (χ0n) is 11.0. The van der Waals surface area contributed by atoms with Crippen molar-refractivity contribution in [1.29, 1.82) is 0 Å². The third-order valence-corrected chi connectivity index (χ3v) is 2.97. The van der Waals surface area contributed by atoms with Crippen molar-refractivity contribution in [3.05, 3.63) is 29.5 Å². The van der Waals surface area contributed by atoms with Crippen molar-refractivity contribution in [3.63, 3.8) is 0 Å². The number of aromatic nitrogens is 2. The SMILES string of the molecule is COCCc1nn(C(C)C)c2cc(C)ccc12. The molecule has 1 heterocycles. The first-order chi connectivity index (χ1) is 8.13. The molecule has 0 spiro atoms. The Hall–Kier alpha value is -1.35. The van der Waals surface area contributed by atoms with Crippen molar-refractivity contribution in [3.8, 4) is 0 Å². The lowest BCUT2D eigenvalue weighted by Crippen LogP contribution is -2.04. The van der Waals surface area contributed by atoms with Crippen LogP contribution in [-0.2, 0) is 11.2 Å². The second kappa shape index (κ2) is 4.88. The summed E-state index contributed by atoms with van der Waals surface area (Å²) < 4.78 is 7.24. The number of hydrogen-bond donors (Lipinski definition) is 0. The molecule has 1 aromatic heterocycles. The molecule has 2 rings (SSSR count). The lowest BCUT2D eigenvalue weighted by molar-refractivity contribution is 0.201. The summed E-state index contributed by atoms with van der Waals surface area (Å²) in [6.07, 6.45) is 0.871. The van der Waals surface area contributed by atoms with Crippen LogP contribution < -0.4 is 0 Å². The molecule has 92 valence electrons. The molecule has 0 saturated heterocycles. The van der Waals surface area contributed by atoms with Crippen LogP contribution in [0.4, 0.5) is 0 Å². The van der Waals surface area contributed by atoms with Crippen molar-refractivity contribution in [2.45, 2.75) is 33.2 Å². The first-order valence-electron chi connectivity index (χ1n) is 6.10. The topological polar surface area (TPSA) is 27.1 Å². The summed E-state index contributed by atoms with van der Waals surface area (Å²) in [5.41, 5.74) is 3.64. The Morgan fingerprint density at radius 1 is 1.35 bits per heavy atom. The number of ether oxygens (including phenoxy) is 1. The molecule has 0 fully saturated rings. The van der Waals surface area contributed by atoms with E-state index in [4.69, 9.17) is 9.84 Å². The van der Waals surface area contributed by atoms with Crippen molar-refractivity contribution >= 4 is 10.9 Å². The molecule has 3 heteroatoms. The average Bonchev–Trinajstić information content (AvgIpc) is 2.64. The summed E-state index contributed by atoms with van der Waals surface area (Å²) in [4.78, 5) is 0. The van der Waals surface area contributed by atoms with Gasteiger partial charge in [-0.25, -0.2) is 0 Å². The van der Waals surface area contributed by atoms with E-state index in [1.807, 2.05) is 0 Å². The average molecular weight is 232 g/mol.